The highest BCUT2D eigenvalue weighted by atomic mass is 16.2. The van der Waals surface area contributed by atoms with Gasteiger partial charge in [-0.2, -0.15) is 0 Å². The number of amides is 2. The summed E-state index contributed by atoms with van der Waals surface area (Å²) in [4.78, 5) is 37.0. The molecule has 3 aromatic rings. The average Bonchev–Trinajstić information content (AvgIpc) is 3.39. The largest absolute Gasteiger partial charge is 0.336 e. The van der Waals surface area contributed by atoms with Gasteiger partial charge in [0, 0.05) is 44.1 Å². The first-order valence-corrected chi connectivity index (χ1v) is 9.22. The van der Waals surface area contributed by atoms with E-state index in [1.807, 2.05) is 42.1 Å². The Morgan fingerprint density at radius 3 is 2.82 bits per heavy atom. The maximum atomic E-state index is 13.3. The van der Waals surface area contributed by atoms with Crippen LogP contribution in [-0.4, -0.2) is 37.8 Å². The molecule has 1 spiro atoms. The second-order valence-electron chi connectivity index (χ2n) is 7.26. The van der Waals surface area contributed by atoms with Gasteiger partial charge in [-0.25, -0.2) is 4.98 Å². The third-order valence-corrected chi connectivity index (χ3v) is 5.86. The van der Waals surface area contributed by atoms with Gasteiger partial charge in [0.2, 0.25) is 5.91 Å². The number of hydrogen-bond acceptors (Lipinski definition) is 4. The first kappa shape index (κ1) is 16.7. The van der Waals surface area contributed by atoms with Gasteiger partial charge in [-0.1, -0.05) is 18.2 Å². The van der Waals surface area contributed by atoms with Gasteiger partial charge in [-0.05, 0) is 30.2 Å². The first-order valence-electron chi connectivity index (χ1n) is 9.22. The minimum atomic E-state index is -0.854. The molecule has 2 unspecified atom stereocenters. The van der Waals surface area contributed by atoms with Crippen molar-refractivity contribution in [3.05, 3.63) is 78.1 Å². The Bertz CT molecular complexity index is 1080. The second-order valence-corrected chi connectivity index (χ2v) is 7.26. The number of benzene rings is 1. The zero-order valence-electron chi connectivity index (χ0n) is 15.4. The fraction of sp³-hybridized carbons (Fsp3) is 0.238. The number of anilines is 1. The molecule has 1 N–H and O–H groups in total. The van der Waals surface area contributed by atoms with Gasteiger partial charge in [-0.3, -0.25) is 14.6 Å². The summed E-state index contributed by atoms with van der Waals surface area (Å²) in [6.45, 7) is 0.465. The summed E-state index contributed by atoms with van der Waals surface area (Å²) in [6.07, 6.45) is 7.28. The topological polar surface area (TPSA) is 80.1 Å². The van der Waals surface area contributed by atoms with Gasteiger partial charge >= 0.3 is 0 Å². The zero-order chi connectivity index (χ0) is 19.3. The average molecular weight is 373 g/mol. The van der Waals surface area contributed by atoms with E-state index in [1.54, 1.807) is 35.6 Å². The molecule has 140 valence electrons. The predicted molar refractivity (Wildman–Crippen MR) is 103 cm³/mol. The molecule has 2 aliphatic rings. The number of carbonyl (C=O) groups is 2. The lowest BCUT2D eigenvalue weighted by Gasteiger charge is -2.33. The van der Waals surface area contributed by atoms with Gasteiger partial charge < -0.3 is 14.8 Å². The number of likely N-dealkylation sites (tertiary alicyclic amines) is 1. The van der Waals surface area contributed by atoms with E-state index in [0.717, 1.165) is 11.3 Å². The summed E-state index contributed by atoms with van der Waals surface area (Å²) in [5, 5.41) is 3.01. The first-order chi connectivity index (χ1) is 13.6. The van der Waals surface area contributed by atoms with Crippen LogP contribution in [0, 0.1) is 0 Å². The summed E-state index contributed by atoms with van der Waals surface area (Å²) in [5.74, 6) is 0.472. The summed E-state index contributed by atoms with van der Waals surface area (Å²) in [7, 11) is 1.89. The summed E-state index contributed by atoms with van der Waals surface area (Å²) < 4.78 is 1.88. The van der Waals surface area contributed by atoms with Crippen molar-refractivity contribution in [1.29, 1.82) is 0 Å². The lowest BCUT2D eigenvalue weighted by atomic mass is 9.74. The molecule has 28 heavy (non-hydrogen) atoms. The van der Waals surface area contributed by atoms with Crippen molar-refractivity contribution in [2.45, 2.75) is 17.9 Å². The Labute approximate surface area is 162 Å². The maximum absolute atomic E-state index is 13.3. The number of nitrogens with zero attached hydrogens (tertiary/aromatic N) is 4. The fourth-order valence-corrected chi connectivity index (χ4v) is 4.56. The van der Waals surface area contributed by atoms with Crippen molar-refractivity contribution in [3.8, 4) is 0 Å². The van der Waals surface area contributed by atoms with E-state index in [9.17, 15) is 9.59 Å². The Morgan fingerprint density at radius 2 is 2.07 bits per heavy atom. The number of nitrogens with one attached hydrogen (secondary N) is 1. The standard InChI is InChI=1S/C21H19N5O2/c1-25-12-10-23-18(25)17-21(15-6-2-3-7-16(15)24-20(21)28)8-11-26(17)19(27)14-5-4-9-22-13-14/h2-7,9-10,12-13,17H,8,11H2,1H3,(H,24,28). The van der Waals surface area contributed by atoms with Crippen LogP contribution in [0.5, 0.6) is 0 Å². The van der Waals surface area contributed by atoms with Crippen LogP contribution < -0.4 is 5.32 Å². The van der Waals surface area contributed by atoms with Crippen LogP contribution in [0.1, 0.15) is 34.2 Å². The number of para-hydroxylation sites is 1. The predicted octanol–water partition coefficient (Wildman–Crippen LogP) is 2.29. The highest BCUT2D eigenvalue weighted by molar-refractivity contribution is 6.08. The van der Waals surface area contributed by atoms with Gasteiger partial charge in [0.1, 0.15) is 17.3 Å². The van der Waals surface area contributed by atoms with Crippen LogP contribution in [0.25, 0.3) is 0 Å². The molecule has 2 aliphatic heterocycles. The van der Waals surface area contributed by atoms with Crippen LogP contribution in [-0.2, 0) is 17.3 Å². The Balaban J connectivity index is 1.69. The van der Waals surface area contributed by atoms with E-state index in [2.05, 4.69) is 15.3 Å². The van der Waals surface area contributed by atoms with Crippen molar-refractivity contribution in [2.24, 2.45) is 7.05 Å². The summed E-state index contributed by atoms with van der Waals surface area (Å²) in [6, 6.07) is 10.7. The van der Waals surface area contributed by atoms with Gasteiger partial charge in [-0.15, -0.1) is 0 Å². The number of pyridine rings is 1. The monoisotopic (exact) mass is 373 g/mol. The smallest absolute Gasteiger partial charge is 0.256 e. The summed E-state index contributed by atoms with van der Waals surface area (Å²) >= 11 is 0. The number of aryl methyl sites for hydroxylation is 1. The van der Waals surface area contributed by atoms with Crippen molar-refractivity contribution in [2.75, 3.05) is 11.9 Å². The zero-order valence-corrected chi connectivity index (χ0v) is 15.4. The number of rotatable bonds is 2. The second kappa shape index (κ2) is 6.02. The van der Waals surface area contributed by atoms with Crippen LogP contribution in [0.2, 0.25) is 0 Å². The third kappa shape index (κ3) is 2.16. The molecule has 2 amide bonds. The summed E-state index contributed by atoms with van der Waals surface area (Å²) in [5.41, 5.74) is 1.38. The Kier molecular flexibility index (Phi) is 3.58. The molecule has 5 rings (SSSR count). The van der Waals surface area contributed by atoms with E-state index in [0.29, 0.717) is 24.4 Å². The van der Waals surface area contributed by atoms with Gasteiger partial charge in [0.15, 0.2) is 0 Å². The molecule has 7 heteroatoms. The minimum absolute atomic E-state index is 0.0804. The number of imidazole rings is 1. The number of hydrogen-bond donors (Lipinski definition) is 1. The molecule has 7 nitrogen and oxygen atoms in total. The molecule has 2 aromatic heterocycles. The van der Waals surface area contributed by atoms with Crippen molar-refractivity contribution in [3.63, 3.8) is 0 Å². The quantitative estimate of drug-likeness (QED) is 0.747. The van der Waals surface area contributed by atoms with E-state index in [-0.39, 0.29) is 11.8 Å². The molecule has 0 radical (unpaired) electrons. The molecular weight excluding hydrogens is 354 g/mol. The molecule has 0 saturated carbocycles. The lowest BCUT2D eigenvalue weighted by molar-refractivity contribution is -0.121. The normalized spacial score (nSPS) is 23.1. The molecule has 1 aromatic carbocycles. The molecule has 0 aliphatic carbocycles. The Hall–Kier alpha value is -3.48. The fourth-order valence-electron chi connectivity index (χ4n) is 4.56. The van der Waals surface area contributed by atoms with Crippen LogP contribution in [0.4, 0.5) is 5.69 Å². The van der Waals surface area contributed by atoms with Crippen LogP contribution in [0.15, 0.2) is 61.2 Å². The SMILES string of the molecule is Cn1ccnc1C1N(C(=O)c2cccnc2)CCC12C(=O)Nc1ccccc12. The Morgan fingerprint density at radius 1 is 1.21 bits per heavy atom. The number of carbonyl (C=O) groups excluding carboxylic acids is 2. The van der Waals surface area contributed by atoms with E-state index in [1.165, 1.54) is 0 Å². The van der Waals surface area contributed by atoms with Crippen LogP contribution >= 0.6 is 0 Å². The van der Waals surface area contributed by atoms with Gasteiger partial charge in [0.25, 0.3) is 5.91 Å². The number of aromatic nitrogens is 3. The molecular formula is C21H19N5O2. The van der Waals surface area contributed by atoms with Crippen LogP contribution in [0.3, 0.4) is 0 Å². The van der Waals surface area contributed by atoms with E-state index < -0.39 is 11.5 Å². The lowest BCUT2D eigenvalue weighted by Crippen LogP contribution is -2.43. The highest BCUT2D eigenvalue weighted by Crippen LogP contribution is 2.54. The molecule has 2 atom stereocenters. The number of fused-ring (bicyclic) bond motifs is 2. The van der Waals surface area contributed by atoms with Crippen molar-refractivity contribution < 1.29 is 9.59 Å². The van der Waals surface area contributed by atoms with Crippen molar-refractivity contribution in [1.82, 2.24) is 19.4 Å². The molecule has 4 heterocycles. The van der Waals surface area contributed by atoms with E-state index in [4.69, 9.17) is 0 Å². The molecule has 1 saturated heterocycles. The van der Waals surface area contributed by atoms with E-state index >= 15 is 0 Å². The molecule has 1 fully saturated rings. The third-order valence-electron chi connectivity index (χ3n) is 5.86. The van der Waals surface area contributed by atoms with Gasteiger partial charge in [0.05, 0.1) is 5.56 Å². The maximum Gasteiger partial charge on any atom is 0.256 e. The molecule has 0 bridgehead atoms. The van der Waals surface area contributed by atoms with Crippen molar-refractivity contribution >= 4 is 17.5 Å². The highest BCUT2D eigenvalue weighted by Gasteiger charge is 2.60. The minimum Gasteiger partial charge on any atom is -0.336 e.